The van der Waals surface area contributed by atoms with Crippen molar-refractivity contribution in [2.24, 2.45) is 0 Å². The van der Waals surface area contributed by atoms with Crippen LogP contribution in [0.5, 0.6) is 0 Å². The minimum Gasteiger partial charge on any atom is -0.456 e. The lowest BCUT2D eigenvalue weighted by molar-refractivity contribution is 0.669. The van der Waals surface area contributed by atoms with Crippen molar-refractivity contribution in [1.29, 1.82) is 0 Å². The third-order valence-electron chi connectivity index (χ3n) is 9.29. The van der Waals surface area contributed by atoms with E-state index in [1.54, 1.807) is 12.1 Å². The maximum absolute atomic E-state index is 9.30. The molecule has 0 N–H and O–H groups in total. The third-order valence-corrected chi connectivity index (χ3v) is 9.29. The van der Waals surface area contributed by atoms with Crippen LogP contribution >= 0.6 is 0 Å². The second-order valence-electron chi connectivity index (χ2n) is 11.9. The van der Waals surface area contributed by atoms with Gasteiger partial charge in [0.05, 0.1) is 11.0 Å². The SMILES string of the molecule is [2H]c1c([2H])c([2H])c2c(-c3ccc4oc5ccccc5c4c3)c3c([2H])c([2H])c([2H])c([2H])c3c(-c3ccc(-c4ccc5c(ccc6ccccc65)c4)cc3)c2c1[2H]. The van der Waals surface area contributed by atoms with Gasteiger partial charge in [0.1, 0.15) is 11.2 Å². The van der Waals surface area contributed by atoms with E-state index in [9.17, 15) is 5.48 Å². The van der Waals surface area contributed by atoms with Gasteiger partial charge in [-0.15, -0.1) is 0 Å². The molecule has 0 saturated heterocycles. The Labute approximate surface area is 283 Å². The largest absolute Gasteiger partial charge is 0.456 e. The first-order chi connectivity index (χ1) is 26.6. The maximum atomic E-state index is 9.30. The number of furan rings is 1. The van der Waals surface area contributed by atoms with Crippen LogP contribution in [0.2, 0.25) is 0 Å². The molecule has 0 bridgehead atoms. The van der Waals surface area contributed by atoms with Crippen LogP contribution in [0.25, 0.3) is 98.4 Å². The van der Waals surface area contributed by atoms with Crippen molar-refractivity contribution < 1.29 is 15.4 Å². The Morgan fingerprint density at radius 1 is 0.340 bits per heavy atom. The summed E-state index contributed by atoms with van der Waals surface area (Å²) in [6.45, 7) is 0. The average molecular weight is 605 g/mol. The van der Waals surface area contributed by atoms with E-state index in [1.807, 2.05) is 66.7 Å². The molecule has 1 heteroatoms. The topological polar surface area (TPSA) is 13.1 Å². The Morgan fingerprint density at radius 2 is 0.872 bits per heavy atom. The molecule has 10 aromatic rings. The first kappa shape index (κ1) is 19.4. The fourth-order valence-electron chi connectivity index (χ4n) is 7.11. The van der Waals surface area contributed by atoms with Gasteiger partial charge in [-0.25, -0.2) is 0 Å². The normalized spacial score (nSPS) is 14.2. The molecule has 1 heterocycles. The number of fused-ring (bicyclic) bond motifs is 8. The highest BCUT2D eigenvalue weighted by molar-refractivity contribution is 6.22. The zero-order valence-corrected chi connectivity index (χ0v) is 25.0. The number of hydrogen-bond acceptors (Lipinski definition) is 1. The van der Waals surface area contributed by atoms with Gasteiger partial charge in [-0.05, 0) is 101 Å². The molecule has 1 aromatic heterocycles. The van der Waals surface area contributed by atoms with Gasteiger partial charge in [0, 0.05) is 10.8 Å². The summed E-state index contributed by atoms with van der Waals surface area (Å²) >= 11 is 0. The summed E-state index contributed by atoms with van der Waals surface area (Å²) in [5, 5.41) is 6.95. The average Bonchev–Trinajstić information content (AvgIpc) is 3.60. The van der Waals surface area contributed by atoms with Gasteiger partial charge < -0.3 is 4.42 Å². The van der Waals surface area contributed by atoms with E-state index < -0.39 is 24.2 Å². The fraction of sp³-hybridized carbons (Fsp3) is 0. The highest BCUT2D eigenvalue weighted by Gasteiger charge is 2.18. The minimum atomic E-state index is -0.431. The highest BCUT2D eigenvalue weighted by Crippen LogP contribution is 2.45. The Balaban J connectivity index is 1.28. The number of benzene rings is 9. The monoisotopic (exact) mass is 604 g/mol. The van der Waals surface area contributed by atoms with Crippen molar-refractivity contribution in [3.8, 4) is 33.4 Å². The molecule has 0 aliphatic carbocycles. The minimum absolute atomic E-state index is 0.177. The molecule has 9 aromatic carbocycles. The zero-order valence-electron chi connectivity index (χ0n) is 33.0. The molecule has 10 rings (SSSR count). The van der Waals surface area contributed by atoms with Crippen molar-refractivity contribution in [2.75, 3.05) is 0 Å². The van der Waals surface area contributed by atoms with Crippen molar-refractivity contribution in [1.82, 2.24) is 0 Å². The second-order valence-corrected chi connectivity index (χ2v) is 11.9. The Kier molecular flexibility index (Phi) is 4.19. The van der Waals surface area contributed by atoms with E-state index in [1.165, 1.54) is 10.8 Å². The molecule has 47 heavy (non-hydrogen) atoms. The molecule has 0 saturated carbocycles. The van der Waals surface area contributed by atoms with Crippen LogP contribution in [0.4, 0.5) is 0 Å². The van der Waals surface area contributed by atoms with Gasteiger partial charge in [0.25, 0.3) is 0 Å². The molecule has 0 spiro atoms. The molecule has 1 nitrogen and oxygen atoms in total. The molecule has 0 atom stereocenters. The quantitative estimate of drug-likeness (QED) is 0.144. The summed E-state index contributed by atoms with van der Waals surface area (Å²) in [6.07, 6.45) is 0. The van der Waals surface area contributed by atoms with Crippen molar-refractivity contribution in [3.63, 3.8) is 0 Å². The molecule has 0 fully saturated rings. The van der Waals surface area contributed by atoms with Gasteiger partial charge in [0.2, 0.25) is 0 Å². The molecule has 0 unspecified atom stereocenters. The number of hydrogen-bond donors (Lipinski definition) is 0. The van der Waals surface area contributed by atoms with Crippen molar-refractivity contribution >= 4 is 65.0 Å². The van der Waals surface area contributed by atoms with Gasteiger partial charge in [-0.1, -0.05) is 145 Å². The van der Waals surface area contributed by atoms with Gasteiger partial charge in [-0.3, -0.25) is 0 Å². The van der Waals surface area contributed by atoms with E-state index in [4.69, 9.17) is 9.90 Å². The van der Waals surface area contributed by atoms with Gasteiger partial charge in [-0.2, -0.15) is 0 Å². The summed E-state index contributed by atoms with van der Waals surface area (Å²) in [4.78, 5) is 0. The maximum Gasteiger partial charge on any atom is 0.135 e. The van der Waals surface area contributed by atoms with Crippen LogP contribution in [-0.4, -0.2) is 0 Å². The molecule has 0 amide bonds. The van der Waals surface area contributed by atoms with Gasteiger partial charge >= 0.3 is 0 Å². The predicted octanol–water partition coefficient (Wildman–Crippen LogP) is 13.2. The summed E-state index contributed by atoms with van der Waals surface area (Å²) in [6, 6.07) is 36.6. The van der Waals surface area contributed by atoms with E-state index in [-0.39, 0.29) is 45.7 Å². The van der Waals surface area contributed by atoms with Crippen LogP contribution < -0.4 is 0 Å². The number of rotatable bonds is 3. The molecule has 218 valence electrons. The summed E-state index contributed by atoms with van der Waals surface area (Å²) < 4.78 is 78.3. The highest BCUT2D eigenvalue weighted by atomic mass is 16.3. The van der Waals surface area contributed by atoms with Crippen LogP contribution in [0.1, 0.15) is 11.0 Å². The van der Waals surface area contributed by atoms with Crippen molar-refractivity contribution in [3.05, 3.63) is 170 Å². The predicted molar refractivity (Wildman–Crippen MR) is 200 cm³/mol. The Morgan fingerprint density at radius 3 is 1.62 bits per heavy atom. The Bertz CT molecular complexity index is 3210. The zero-order chi connectivity index (χ0) is 37.9. The summed E-state index contributed by atoms with van der Waals surface area (Å²) in [5.74, 6) is 0. The lowest BCUT2D eigenvalue weighted by atomic mass is 9.85. The first-order valence-electron chi connectivity index (χ1n) is 19.5. The van der Waals surface area contributed by atoms with Crippen LogP contribution in [0.3, 0.4) is 0 Å². The summed E-state index contributed by atoms with van der Waals surface area (Å²) in [5.41, 5.74) is 4.94. The Hall–Kier alpha value is -6.18. The molecule has 0 aliphatic rings. The summed E-state index contributed by atoms with van der Waals surface area (Å²) in [7, 11) is 0. The smallest absolute Gasteiger partial charge is 0.135 e. The molecule has 0 aliphatic heterocycles. The molecular weight excluding hydrogens is 569 g/mol. The van der Waals surface area contributed by atoms with E-state index in [2.05, 4.69) is 42.5 Å². The lowest BCUT2D eigenvalue weighted by Crippen LogP contribution is -1.91. The number of para-hydroxylation sites is 1. The van der Waals surface area contributed by atoms with Gasteiger partial charge in [0.15, 0.2) is 0 Å². The van der Waals surface area contributed by atoms with Crippen LogP contribution in [-0.2, 0) is 0 Å². The second kappa shape index (κ2) is 10.2. The van der Waals surface area contributed by atoms with E-state index >= 15 is 0 Å². The van der Waals surface area contributed by atoms with Crippen LogP contribution in [0, 0.1) is 0 Å². The first-order valence-corrected chi connectivity index (χ1v) is 15.5. The van der Waals surface area contributed by atoms with E-state index in [0.717, 1.165) is 32.7 Å². The van der Waals surface area contributed by atoms with Crippen molar-refractivity contribution in [2.45, 2.75) is 0 Å². The molecule has 0 radical (unpaired) electrons. The van der Waals surface area contributed by atoms with Crippen LogP contribution in [0.15, 0.2) is 174 Å². The lowest BCUT2D eigenvalue weighted by Gasteiger charge is -2.18. The fourth-order valence-corrected chi connectivity index (χ4v) is 7.11. The molecular formula is C46H28O. The standard InChI is InChI=1S/C46H28O/c1-2-10-35-30(9-1)19-22-33-27-32(23-25-36(33)35)29-17-20-31(21-18-29)45-38-12-3-5-14-40(38)46(41-15-6-4-13-39(41)45)34-24-26-44-42(28-34)37-11-7-8-16-43(37)47-44/h1-28H/i3D,4D,5D,6D,12D,13D,14D,15D. The third kappa shape index (κ3) is 4.03. The van der Waals surface area contributed by atoms with E-state index in [0.29, 0.717) is 33.4 Å².